The minimum absolute atomic E-state index is 0.251. The second-order valence-electron chi connectivity index (χ2n) is 3.53. The van der Waals surface area contributed by atoms with Crippen LogP contribution in [0.4, 0.5) is 10.1 Å². The first-order valence-electron chi connectivity index (χ1n) is 4.94. The number of rotatable bonds is 1. The van der Waals surface area contributed by atoms with Gasteiger partial charge in [-0.15, -0.1) is 0 Å². The lowest BCUT2D eigenvalue weighted by molar-refractivity contribution is 0.324. The molecule has 0 saturated carbocycles. The molecule has 0 radical (unpaired) electrons. The van der Waals surface area contributed by atoms with E-state index in [0.717, 1.165) is 18.8 Å². The molecule has 82 valence electrons. The lowest BCUT2D eigenvalue weighted by atomic mass is 10.3. The summed E-state index contributed by atoms with van der Waals surface area (Å²) in [6, 6.07) is 3.82. The zero-order valence-corrected chi connectivity index (χ0v) is 9.82. The Hall–Kier alpha value is -0.680. The smallest absolute Gasteiger partial charge is 0.143 e. The van der Waals surface area contributed by atoms with Crippen molar-refractivity contribution in [2.24, 2.45) is 0 Å². The summed E-state index contributed by atoms with van der Waals surface area (Å²) in [6.45, 7) is 1.97. The summed E-state index contributed by atoms with van der Waals surface area (Å²) in [5, 5.41) is 3.07. The van der Waals surface area contributed by atoms with Gasteiger partial charge in [0.05, 0.1) is 23.4 Å². The molecule has 2 heterocycles. The highest BCUT2D eigenvalue weighted by Gasteiger charge is 2.24. The van der Waals surface area contributed by atoms with Crippen LogP contribution in [-0.2, 0) is 0 Å². The monoisotopic (exact) mass is 273 g/mol. The van der Waals surface area contributed by atoms with Crippen LogP contribution in [0.15, 0.2) is 24.5 Å². The summed E-state index contributed by atoms with van der Waals surface area (Å²) in [4.78, 5) is 5.79. The van der Waals surface area contributed by atoms with Gasteiger partial charge in [-0.25, -0.2) is 4.39 Å². The molecule has 1 aromatic rings. The molecule has 1 saturated heterocycles. The molecule has 0 aromatic carbocycles. The summed E-state index contributed by atoms with van der Waals surface area (Å²) in [6.07, 6.45) is 2.58. The van der Waals surface area contributed by atoms with Gasteiger partial charge < -0.3 is 10.2 Å². The molecule has 1 aromatic heterocycles. The van der Waals surface area contributed by atoms with Crippen molar-refractivity contribution in [3.05, 3.63) is 24.5 Å². The molecule has 0 spiro atoms. The fourth-order valence-corrected chi connectivity index (χ4v) is 2.03. The van der Waals surface area contributed by atoms with Gasteiger partial charge in [-0.05, 0) is 12.1 Å². The fourth-order valence-electron chi connectivity index (χ4n) is 1.63. The van der Waals surface area contributed by atoms with Crippen molar-refractivity contribution in [3.63, 3.8) is 0 Å². The molecule has 0 amide bonds. The Morgan fingerprint density at radius 1 is 1.60 bits per heavy atom. The van der Waals surface area contributed by atoms with E-state index in [1.807, 2.05) is 17.0 Å². The van der Waals surface area contributed by atoms with Crippen molar-refractivity contribution >= 4 is 21.6 Å². The molecule has 5 heteroatoms. The third kappa shape index (κ3) is 2.66. The van der Waals surface area contributed by atoms with Crippen molar-refractivity contribution in [2.75, 3.05) is 24.5 Å². The van der Waals surface area contributed by atoms with E-state index in [2.05, 4.69) is 26.2 Å². The van der Waals surface area contributed by atoms with E-state index in [1.54, 1.807) is 12.4 Å². The molecular formula is C10H13BrFN3. The first kappa shape index (κ1) is 10.8. The lowest BCUT2D eigenvalue weighted by Crippen LogP contribution is -2.33. The van der Waals surface area contributed by atoms with Crippen LogP contribution in [0, 0.1) is 0 Å². The van der Waals surface area contributed by atoms with Gasteiger partial charge in [-0.1, -0.05) is 15.9 Å². The van der Waals surface area contributed by atoms with E-state index in [4.69, 9.17) is 0 Å². The predicted molar refractivity (Wildman–Crippen MR) is 62.1 cm³/mol. The van der Waals surface area contributed by atoms with Gasteiger partial charge in [0.25, 0.3) is 0 Å². The fraction of sp³-hybridized carbons (Fsp3) is 0.500. The second-order valence-corrected chi connectivity index (χ2v) is 4.52. The third-order valence-electron chi connectivity index (χ3n) is 2.44. The van der Waals surface area contributed by atoms with Crippen molar-refractivity contribution < 1.29 is 4.39 Å². The molecule has 0 bridgehead atoms. The molecular weight excluding hydrogens is 261 g/mol. The Bertz CT molecular complexity index is 309. The number of alkyl halides is 2. The SMILES string of the molecule is FC1CN(c2cccnc2)CCNC1Br. The quantitative estimate of drug-likeness (QED) is 0.622. The van der Waals surface area contributed by atoms with E-state index >= 15 is 0 Å². The van der Waals surface area contributed by atoms with Gasteiger partial charge >= 0.3 is 0 Å². The van der Waals surface area contributed by atoms with E-state index in [0.29, 0.717) is 6.54 Å². The zero-order chi connectivity index (χ0) is 10.7. The largest absolute Gasteiger partial charge is 0.366 e. The third-order valence-corrected chi connectivity index (χ3v) is 3.34. The molecule has 1 fully saturated rings. The van der Waals surface area contributed by atoms with Crippen LogP contribution in [0.2, 0.25) is 0 Å². The summed E-state index contributed by atoms with van der Waals surface area (Å²) >= 11 is 3.28. The van der Waals surface area contributed by atoms with Gasteiger partial charge in [-0.3, -0.25) is 4.98 Å². The van der Waals surface area contributed by atoms with Crippen molar-refractivity contribution in [1.82, 2.24) is 10.3 Å². The number of anilines is 1. The van der Waals surface area contributed by atoms with Gasteiger partial charge in [0.15, 0.2) is 0 Å². The first-order valence-corrected chi connectivity index (χ1v) is 5.85. The average Bonchev–Trinajstić information content (AvgIpc) is 2.43. The summed E-state index contributed by atoms with van der Waals surface area (Å²) in [7, 11) is 0. The molecule has 15 heavy (non-hydrogen) atoms. The number of nitrogens with zero attached hydrogens (tertiary/aromatic N) is 2. The van der Waals surface area contributed by atoms with E-state index in [9.17, 15) is 4.39 Å². The maximum absolute atomic E-state index is 13.6. The van der Waals surface area contributed by atoms with Crippen LogP contribution in [0.3, 0.4) is 0 Å². The molecule has 1 aliphatic heterocycles. The highest BCUT2D eigenvalue weighted by atomic mass is 79.9. The average molecular weight is 274 g/mol. The second kappa shape index (κ2) is 4.90. The highest BCUT2D eigenvalue weighted by molar-refractivity contribution is 9.09. The predicted octanol–water partition coefficient (Wildman–Crippen LogP) is 1.55. The number of hydrogen-bond donors (Lipinski definition) is 1. The first-order chi connectivity index (χ1) is 7.27. The van der Waals surface area contributed by atoms with Gasteiger partial charge in [0.2, 0.25) is 0 Å². The Labute approximate surface area is 96.8 Å². The molecule has 2 unspecified atom stereocenters. The zero-order valence-electron chi connectivity index (χ0n) is 8.24. The number of hydrogen-bond acceptors (Lipinski definition) is 3. The number of aromatic nitrogens is 1. The lowest BCUT2D eigenvalue weighted by Gasteiger charge is -2.23. The van der Waals surface area contributed by atoms with E-state index < -0.39 is 6.17 Å². The van der Waals surface area contributed by atoms with Crippen LogP contribution in [0.25, 0.3) is 0 Å². The normalized spacial score (nSPS) is 27.5. The van der Waals surface area contributed by atoms with Crippen LogP contribution < -0.4 is 10.2 Å². The summed E-state index contributed by atoms with van der Waals surface area (Å²) in [5.74, 6) is 0. The molecule has 0 aliphatic carbocycles. The Morgan fingerprint density at radius 3 is 3.20 bits per heavy atom. The molecule has 1 N–H and O–H groups in total. The van der Waals surface area contributed by atoms with E-state index in [1.165, 1.54) is 0 Å². The maximum Gasteiger partial charge on any atom is 0.143 e. The topological polar surface area (TPSA) is 28.2 Å². The minimum atomic E-state index is -0.910. The van der Waals surface area contributed by atoms with Crippen LogP contribution >= 0.6 is 15.9 Å². The Kier molecular flexibility index (Phi) is 3.53. The number of nitrogens with one attached hydrogen (secondary N) is 1. The number of pyridine rings is 1. The van der Waals surface area contributed by atoms with E-state index in [-0.39, 0.29) is 4.95 Å². The molecule has 1 aliphatic rings. The summed E-state index contributed by atoms with van der Waals surface area (Å²) in [5.41, 5.74) is 0.976. The standard InChI is InChI=1S/C10H13BrFN3/c11-10-9(12)7-15(5-4-14-10)8-2-1-3-13-6-8/h1-3,6,9-10,14H,4-5,7H2. The highest BCUT2D eigenvalue weighted by Crippen LogP contribution is 2.17. The van der Waals surface area contributed by atoms with Crippen LogP contribution in [0.5, 0.6) is 0 Å². The maximum atomic E-state index is 13.6. The Balaban J connectivity index is 2.10. The molecule has 2 rings (SSSR count). The van der Waals surface area contributed by atoms with Crippen LogP contribution in [-0.4, -0.2) is 35.7 Å². The van der Waals surface area contributed by atoms with Gasteiger partial charge in [0, 0.05) is 19.3 Å². The number of halogens is 2. The minimum Gasteiger partial charge on any atom is -0.366 e. The Morgan fingerprint density at radius 2 is 2.47 bits per heavy atom. The molecule has 3 nitrogen and oxygen atoms in total. The summed E-state index contributed by atoms with van der Waals surface area (Å²) < 4.78 is 13.6. The van der Waals surface area contributed by atoms with Crippen molar-refractivity contribution in [1.29, 1.82) is 0 Å². The van der Waals surface area contributed by atoms with Crippen LogP contribution in [0.1, 0.15) is 0 Å². The van der Waals surface area contributed by atoms with Crippen molar-refractivity contribution in [3.8, 4) is 0 Å². The molecule has 2 atom stereocenters. The van der Waals surface area contributed by atoms with Gasteiger partial charge in [0.1, 0.15) is 6.17 Å². The van der Waals surface area contributed by atoms with Crippen molar-refractivity contribution in [2.45, 2.75) is 11.1 Å². The van der Waals surface area contributed by atoms with Gasteiger partial charge in [-0.2, -0.15) is 0 Å².